The molecule has 2 aliphatic rings. The van der Waals surface area contributed by atoms with Crippen LogP contribution >= 0.6 is 0 Å². The zero-order valence-corrected chi connectivity index (χ0v) is 19.2. The molecule has 1 aromatic carbocycles. The minimum absolute atomic E-state index is 0.0465. The van der Waals surface area contributed by atoms with Crippen molar-refractivity contribution in [1.29, 1.82) is 0 Å². The van der Waals surface area contributed by atoms with Gasteiger partial charge in [0.05, 0.1) is 0 Å². The van der Waals surface area contributed by atoms with E-state index in [1.807, 2.05) is 50.6 Å². The highest BCUT2D eigenvalue weighted by Gasteiger charge is 2.31. The third-order valence-electron chi connectivity index (χ3n) is 7.07. The Hall–Kier alpha value is -3.26. The maximum Gasteiger partial charge on any atom is 0.276 e. The highest BCUT2D eigenvalue weighted by atomic mass is 16.2. The molecule has 172 valence electrons. The molecule has 2 aromatic heterocycles. The minimum Gasteiger partial charge on any atom is -0.339 e. The number of likely N-dealkylation sites (tertiary alicyclic amines) is 2. The van der Waals surface area contributed by atoms with Gasteiger partial charge in [-0.15, -0.1) is 0 Å². The Morgan fingerprint density at radius 1 is 0.909 bits per heavy atom. The van der Waals surface area contributed by atoms with E-state index in [-0.39, 0.29) is 17.7 Å². The standard InChI is InChI=1S/C25H30N6O2/c1-28(2)20-11-15-30(16-20)25(33)22-23-26-12-8-21(31(23)17-27-22)18-9-13-29(14-10-18)24(32)19-6-4-3-5-7-19/h3-8,12,17-18,20H,9-11,13-16H2,1-2H3/t20-/m0/s1. The van der Waals surface area contributed by atoms with E-state index >= 15 is 0 Å². The monoisotopic (exact) mass is 446 g/mol. The lowest BCUT2D eigenvalue weighted by Crippen LogP contribution is -2.38. The summed E-state index contributed by atoms with van der Waals surface area (Å²) in [4.78, 5) is 40.9. The predicted molar refractivity (Wildman–Crippen MR) is 125 cm³/mol. The Morgan fingerprint density at radius 3 is 2.33 bits per heavy atom. The molecular formula is C25H30N6O2. The van der Waals surface area contributed by atoms with Gasteiger partial charge in [-0.25, -0.2) is 9.97 Å². The second-order valence-corrected chi connectivity index (χ2v) is 9.25. The molecule has 33 heavy (non-hydrogen) atoms. The number of piperidine rings is 1. The molecule has 0 N–H and O–H groups in total. The fraction of sp³-hybridized carbons (Fsp3) is 0.440. The van der Waals surface area contributed by atoms with Crippen LogP contribution in [0.4, 0.5) is 0 Å². The number of aromatic nitrogens is 3. The molecule has 0 spiro atoms. The molecule has 0 saturated carbocycles. The molecule has 0 unspecified atom stereocenters. The van der Waals surface area contributed by atoms with Gasteiger partial charge in [-0.1, -0.05) is 18.2 Å². The van der Waals surface area contributed by atoms with Gasteiger partial charge in [0.1, 0.15) is 6.33 Å². The average molecular weight is 447 g/mol. The van der Waals surface area contributed by atoms with E-state index in [1.165, 1.54) is 0 Å². The normalized spacial score (nSPS) is 19.5. The van der Waals surface area contributed by atoms with Gasteiger partial charge in [-0.05, 0) is 51.6 Å². The summed E-state index contributed by atoms with van der Waals surface area (Å²) in [5, 5.41) is 0. The number of imidazole rings is 1. The van der Waals surface area contributed by atoms with Crippen molar-refractivity contribution in [3.8, 4) is 0 Å². The zero-order chi connectivity index (χ0) is 22.9. The first kappa shape index (κ1) is 21.6. The van der Waals surface area contributed by atoms with E-state index in [2.05, 4.69) is 29.0 Å². The Balaban J connectivity index is 1.31. The van der Waals surface area contributed by atoms with Crippen LogP contribution in [-0.2, 0) is 0 Å². The van der Waals surface area contributed by atoms with Crippen LogP contribution in [0.2, 0.25) is 0 Å². The fourth-order valence-electron chi connectivity index (χ4n) is 5.04. The molecule has 5 rings (SSSR count). The smallest absolute Gasteiger partial charge is 0.276 e. The molecule has 1 atom stereocenters. The highest BCUT2D eigenvalue weighted by molar-refractivity contribution is 5.98. The quantitative estimate of drug-likeness (QED) is 0.616. The molecule has 8 heteroatoms. The predicted octanol–water partition coefficient (Wildman–Crippen LogP) is 2.53. The van der Waals surface area contributed by atoms with Crippen molar-refractivity contribution in [2.45, 2.75) is 31.2 Å². The lowest BCUT2D eigenvalue weighted by atomic mass is 9.92. The molecule has 2 aliphatic heterocycles. The first-order chi connectivity index (χ1) is 16.0. The van der Waals surface area contributed by atoms with E-state index in [9.17, 15) is 9.59 Å². The molecular weight excluding hydrogens is 416 g/mol. The number of fused-ring (bicyclic) bond motifs is 1. The van der Waals surface area contributed by atoms with Gasteiger partial charge in [0.2, 0.25) is 0 Å². The van der Waals surface area contributed by atoms with Crippen molar-refractivity contribution in [2.24, 2.45) is 0 Å². The van der Waals surface area contributed by atoms with Crippen molar-refractivity contribution in [3.63, 3.8) is 0 Å². The maximum absolute atomic E-state index is 13.2. The number of benzene rings is 1. The van der Waals surface area contributed by atoms with Crippen LogP contribution in [0, 0.1) is 0 Å². The molecule has 0 bridgehead atoms. The third kappa shape index (κ3) is 4.11. The van der Waals surface area contributed by atoms with Crippen LogP contribution in [0.25, 0.3) is 5.65 Å². The van der Waals surface area contributed by atoms with Crippen LogP contribution < -0.4 is 0 Å². The fourth-order valence-corrected chi connectivity index (χ4v) is 5.04. The summed E-state index contributed by atoms with van der Waals surface area (Å²) in [5.74, 6) is 0.332. The Bertz CT molecular complexity index is 1150. The van der Waals surface area contributed by atoms with E-state index in [0.717, 1.165) is 43.6 Å². The lowest BCUT2D eigenvalue weighted by Gasteiger charge is -2.32. The van der Waals surface area contributed by atoms with Crippen LogP contribution in [0.15, 0.2) is 48.9 Å². The number of amides is 2. The number of rotatable bonds is 4. The molecule has 0 radical (unpaired) electrons. The first-order valence-electron chi connectivity index (χ1n) is 11.6. The molecule has 2 fully saturated rings. The summed E-state index contributed by atoms with van der Waals surface area (Å²) in [5.41, 5.74) is 2.88. The van der Waals surface area contributed by atoms with Gasteiger partial charge < -0.3 is 14.7 Å². The third-order valence-corrected chi connectivity index (χ3v) is 7.07. The highest BCUT2D eigenvalue weighted by Crippen LogP contribution is 2.29. The second kappa shape index (κ2) is 8.94. The van der Waals surface area contributed by atoms with E-state index < -0.39 is 0 Å². The Kier molecular flexibility index (Phi) is 5.85. The van der Waals surface area contributed by atoms with Gasteiger partial charge in [0.25, 0.3) is 11.8 Å². The molecule has 0 aliphatic carbocycles. The maximum atomic E-state index is 13.2. The van der Waals surface area contributed by atoms with Crippen molar-refractivity contribution >= 4 is 17.5 Å². The first-order valence-corrected chi connectivity index (χ1v) is 11.6. The summed E-state index contributed by atoms with van der Waals surface area (Å²) < 4.78 is 1.96. The molecule has 8 nitrogen and oxygen atoms in total. The lowest BCUT2D eigenvalue weighted by molar-refractivity contribution is 0.0711. The summed E-state index contributed by atoms with van der Waals surface area (Å²) in [7, 11) is 4.11. The SMILES string of the molecule is CN(C)[C@H]1CCN(C(=O)c2ncn3c(C4CCN(C(=O)c5ccccc5)CC4)ccnc23)C1. The van der Waals surface area contributed by atoms with Gasteiger partial charge in [0, 0.05) is 55.6 Å². The van der Waals surface area contributed by atoms with E-state index in [1.54, 1.807) is 12.5 Å². The number of likely N-dealkylation sites (N-methyl/N-ethyl adjacent to an activating group) is 1. The second-order valence-electron chi connectivity index (χ2n) is 9.25. The van der Waals surface area contributed by atoms with Crippen molar-refractivity contribution in [1.82, 2.24) is 29.1 Å². The molecule has 2 saturated heterocycles. The average Bonchev–Trinajstić information content (AvgIpc) is 3.52. The number of hydrogen-bond acceptors (Lipinski definition) is 5. The minimum atomic E-state index is -0.0465. The van der Waals surface area contributed by atoms with Crippen LogP contribution in [-0.4, -0.2) is 87.2 Å². The van der Waals surface area contributed by atoms with Gasteiger partial charge in [-0.2, -0.15) is 0 Å². The van der Waals surface area contributed by atoms with Gasteiger partial charge in [-0.3, -0.25) is 14.0 Å². The van der Waals surface area contributed by atoms with Crippen molar-refractivity contribution < 1.29 is 9.59 Å². The largest absolute Gasteiger partial charge is 0.339 e. The van der Waals surface area contributed by atoms with Gasteiger partial charge in [0.15, 0.2) is 11.3 Å². The zero-order valence-electron chi connectivity index (χ0n) is 19.2. The Labute approximate surface area is 193 Å². The van der Waals surface area contributed by atoms with Gasteiger partial charge >= 0.3 is 0 Å². The summed E-state index contributed by atoms with van der Waals surface area (Å²) >= 11 is 0. The van der Waals surface area contributed by atoms with E-state index in [0.29, 0.717) is 30.5 Å². The number of hydrogen-bond donors (Lipinski definition) is 0. The number of carbonyl (C=O) groups excluding carboxylic acids is 2. The summed E-state index contributed by atoms with van der Waals surface area (Å²) in [6.07, 6.45) is 6.22. The molecule has 4 heterocycles. The summed E-state index contributed by atoms with van der Waals surface area (Å²) in [6, 6.07) is 11.8. The topological polar surface area (TPSA) is 74.0 Å². The molecule has 2 amide bonds. The number of nitrogens with zero attached hydrogens (tertiary/aromatic N) is 6. The molecule has 3 aromatic rings. The van der Waals surface area contributed by atoms with Crippen molar-refractivity contribution in [2.75, 3.05) is 40.3 Å². The van der Waals surface area contributed by atoms with Crippen molar-refractivity contribution in [3.05, 3.63) is 65.9 Å². The van der Waals surface area contributed by atoms with Crippen LogP contribution in [0.5, 0.6) is 0 Å². The Morgan fingerprint density at radius 2 is 1.64 bits per heavy atom. The van der Waals surface area contributed by atoms with Crippen LogP contribution in [0.1, 0.15) is 51.7 Å². The van der Waals surface area contributed by atoms with E-state index in [4.69, 9.17) is 0 Å². The summed E-state index contributed by atoms with van der Waals surface area (Å²) in [6.45, 7) is 2.89. The van der Waals surface area contributed by atoms with Crippen LogP contribution in [0.3, 0.4) is 0 Å². The number of carbonyl (C=O) groups is 2.